The van der Waals surface area contributed by atoms with Crippen molar-refractivity contribution in [3.63, 3.8) is 0 Å². The second kappa shape index (κ2) is 9.17. The number of likely N-dealkylation sites (N-methyl/N-ethyl adjacent to an activating group) is 1. The molecule has 1 heterocycles. The van der Waals surface area contributed by atoms with Crippen LogP contribution in [0.5, 0.6) is 5.75 Å². The molecule has 148 valence electrons. The smallest absolute Gasteiger partial charge is 0.260 e. The highest BCUT2D eigenvalue weighted by molar-refractivity contribution is 7.22. The standard InChI is InChI=1S/C22H27N3O2S/c1-5-24(6-2)12-13-25(21(26)17-9-7-8-16(3)14-17)22-23-19-11-10-18(27-4)15-20(19)28-22/h7-11,14-15H,5-6,12-13H2,1-4H3/p+1. The van der Waals surface area contributed by atoms with E-state index in [1.54, 1.807) is 7.11 Å². The molecule has 0 aliphatic carbocycles. The van der Waals surface area contributed by atoms with E-state index in [1.165, 1.54) is 16.2 Å². The van der Waals surface area contributed by atoms with Gasteiger partial charge in [0.2, 0.25) is 0 Å². The Morgan fingerprint density at radius 2 is 1.96 bits per heavy atom. The largest absolute Gasteiger partial charge is 0.497 e. The van der Waals surface area contributed by atoms with Gasteiger partial charge in [-0.05, 0) is 51.1 Å². The number of anilines is 1. The number of rotatable bonds is 8. The Morgan fingerprint density at radius 1 is 1.18 bits per heavy atom. The molecule has 0 fully saturated rings. The van der Waals surface area contributed by atoms with Crippen molar-refractivity contribution in [2.24, 2.45) is 0 Å². The lowest BCUT2D eigenvalue weighted by atomic mass is 10.1. The fourth-order valence-corrected chi connectivity index (χ4v) is 4.25. The van der Waals surface area contributed by atoms with Crippen LogP contribution < -0.4 is 14.5 Å². The molecule has 6 heteroatoms. The first kappa shape index (κ1) is 20.3. The average Bonchev–Trinajstić information content (AvgIpc) is 3.13. The molecule has 1 amide bonds. The first-order valence-electron chi connectivity index (χ1n) is 9.72. The summed E-state index contributed by atoms with van der Waals surface area (Å²) in [5.41, 5.74) is 2.67. The summed E-state index contributed by atoms with van der Waals surface area (Å²) < 4.78 is 6.35. The number of amides is 1. The van der Waals surface area contributed by atoms with Crippen LogP contribution in [-0.4, -0.2) is 44.2 Å². The van der Waals surface area contributed by atoms with E-state index < -0.39 is 0 Å². The van der Waals surface area contributed by atoms with Gasteiger partial charge in [0, 0.05) is 5.56 Å². The first-order valence-corrected chi connectivity index (χ1v) is 10.5. The number of hydrogen-bond donors (Lipinski definition) is 1. The fraction of sp³-hybridized carbons (Fsp3) is 0.364. The molecule has 3 rings (SSSR count). The van der Waals surface area contributed by atoms with E-state index in [2.05, 4.69) is 13.8 Å². The van der Waals surface area contributed by atoms with E-state index in [4.69, 9.17) is 9.72 Å². The van der Waals surface area contributed by atoms with Crippen LogP contribution in [0.2, 0.25) is 0 Å². The van der Waals surface area contributed by atoms with E-state index in [1.807, 2.05) is 54.3 Å². The predicted molar refractivity (Wildman–Crippen MR) is 116 cm³/mol. The van der Waals surface area contributed by atoms with Crippen molar-refractivity contribution in [1.82, 2.24) is 4.98 Å². The van der Waals surface area contributed by atoms with E-state index in [0.717, 1.165) is 46.3 Å². The summed E-state index contributed by atoms with van der Waals surface area (Å²) in [5.74, 6) is 0.799. The summed E-state index contributed by atoms with van der Waals surface area (Å²) in [7, 11) is 1.66. The summed E-state index contributed by atoms with van der Waals surface area (Å²) in [6.07, 6.45) is 0. The Balaban J connectivity index is 1.96. The Labute approximate surface area is 170 Å². The highest BCUT2D eigenvalue weighted by atomic mass is 32.1. The number of methoxy groups -OCH3 is 1. The van der Waals surface area contributed by atoms with E-state index in [9.17, 15) is 4.79 Å². The maximum atomic E-state index is 13.3. The number of carbonyl (C=O) groups excluding carboxylic acids is 1. The Kier molecular flexibility index (Phi) is 6.65. The Hall–Kier alpha value is -2.44. The summed E-state index contributed by atoms with van der Waals surface area (Å²) in [5, 5.41) is 0.737. The van der Waals surface area contributed by atoms with Crippen LogP contribution in [0.1, 0.15) is 29.8 Å². The van der Waals surface area contributed by atoms with E-state index in [-0.39, 0.29) is 5.91 Å². The molecular formula is C22H28N3O2S+. The van der Waals surface area contributed by atoms with Crippen molar-refractivity contribution >= 4 is 32.6 Å². The normalized spacial score (nSPS) is 11.2. The minimum atomic E-state index is 0.00118. The zero-order valence-electron chi connectivity index (χ0n) is 17.0. The summed E-state index contributed by atoms with van der Waals surface area (Å²) in [6.45, 7) is 9.97. The topological polar surface area (TPSA) is 46.9 Å². The summed E-state index contributed by atoms with van der Waals surface area (Å²) in [4.78, 5) is 21.4. The van der Waals surface area contributed by atoms with Crippen LogP contribution in [0.25, 0.3) is 10.2 Å². The van der Waals surface area contributed by atoms with Gasteiger partial charge in [-0.3, -0.25) is 9.69 Å². The third-order valence-electron chi connectivity index (χ3n) is 5.01. The lowest BCUT2D eigenvalue weighted by Crippen LogP contribution is -3.12. The average molecular weight is 399 g/mol. The molecule has 0 radical (unpaired) electrons. The number of fused-ring (bicyclic) bond motifs is 1. The first-order chi connectivity index (χ1) is 13.5. The molecule has 3 aromatic rings. The lowest BCUT2D eigenvalue weighted by Gasteiger charge is -2.23. The maximum Gasteiger partial charge on any atom is 0.260 e. The maximum absolute atomic E-state index is 13.3. The third kappa shape index (κ3) is 4.51. The van der Waals surface area contributed by atoms with Gasteiger partial charge in [0.25, 0.3) is 5.91 Å². The second-order valence-electron chi connectivity index (χ2n) is 6.86. The molecule has 0 aliphatic heterocycles. The number of hydrogen-bond acceptors (Lipinski definition) is 4. The second-order valence-corrected chi connectivity index (χ2v) is 7.87. The highest BCUT2D eigenvalue weighted by Gasteiger charge is 2.23. The number of thiazole rings is 1. The van der Waals surface area contributed by atoms with Crippen LogP contribution in [0.3, 0.4) is 0 Å². The van der Waals surface area contributed by atoms with E-state index >= 15 is 0 Å². The monoisotopic (exact) mass is 398 g/mol. The van der Waals surface area contributed by atoms with Crippen LogP contribution in [0.4, 0.5) is 5.13 Å². The molecule has 28 heavy (non-hydrogen) atoms. The van der Waals surface area contributed by atoms with Gasteiger partial charge in [-0.1, -0.05) is 29.0 Å². The minimum Gasteiger partial charge on any atom is -0.497 e. The fourth-order valence-electron chi connectivity index (χ4n) is 3.23. The van der Waals surface area contributed by atoms with Crippen LogP contribution in [0, 0.1) is 6.92 Å². The van der Waals surface area contributed by atoms with Gasteiger partial charge >= 0.3 is 0 Å². The van der Waals surface area contributed by atoms with Crippen molar-refractivity contribution in [3.8, 4) is 5.75 Å². The molecule has 0 saturated carbocycles. The van der Waals surface area contributed by atoms with Gasteiger partial charge in [0.1, 0.15) is 5.75 Å². The third-order valence-corrected chi connectivity index (χ3v) is 6.06. The molecule has 0 atom stereocenters. The lowest BCUT2D eigenvalue weighted by molar-refractivity contribution is -0.894. The summed E-state index contributed by atoms with van der Waals surface area (Å²) in [6, 6.07) is 13.6. The number of benzene rings is 2. The molecule has 0 saturated heterocycles. The molecular weight excluding hydrogens is 370 g/mol. The number of aryl methyl sites for hydroxylation is 1. The molecule has 0 bridgehead atoms. The molecule has 2 aromatic carbocycles. The quantitative estimate of drug-likeness (QED) is 0.634. The van der Waals surface area contributed by atoms with Crippen LogP contribution >= 0.6 is 11.3 Å². The van der Waals surface area contributed by atoms with Crippen molar-refractivity contribution in [2.45, 2.75) is 20.8 Å². The SMILES string of the molecule is CC[NH+](CC)CCN(C(=O)c1cccc(C)c1)c1nc2ccc(OC)cc2s1. The predicted octanol–water partition coefficient (Wildman–Crippen LogP) is 3.18. The minimum absolute atomic E-state index is 0.00118. The van der Waals surface area contributed by atoms with Gasteiger partial charge in [-0.2, -0.15) is 0 Å². The zero-order chi connectivity index (χ0) is 20.1. The van der Waals surface area contributed by atoms with Gasteiger partial charge < -0.3 is 9.64 Å². The van der Waals surface area contributed by atoms with Crippen LogP contribution in [0.15, 0.2) is 42.5 Å². The number of carbonyl (C=O) groups is 1. The molecule has 5 nitrogen and oxygen atoms in total. The van der Waals surface area contributed by atoms with Gasteiger partial charge in [0.15, 0.2) is 5.13 Å². The number of nitrogens with zero attached hydrogens (tertiary/aromatic N) is 2. The number of nitrogens with one attached hydrogen (secondary N) is 1. The van der Waals surface area contributed by atoms with Crippen molar-refractivity contribution in [2.75, 3.05) is 38.2 Å². The molecule has 0 aliphatic rings. The number of aromatic nitrogens is 1. The Bertz CT molecular complexity index is 950. The van der Waals surface area contributed by atoms with Crippen molar-refractivity contribution < 1.29 is 14.4 Å². The molecule has 1 N–H and O–H groups in total. The van der Waals surface area contributed by atoms with Crippen molar-refractivity contribution in [3.05, 3.63) is 53.6 Å². The molecule has 0 unspecified atom stereocenters. The highest BCUT2D eigenvalue weighted by Crippen LogP contribution is 2.32. The van der Waals surface area contributed by atoms with Gasteiger partial charge in [-0.15, -0.1) is 0 Å². The zero-order valence-corrected chi connectivity index (χ0v) is 17.8. The van der Waals surface area contributed by atoms with E-state index in [0.29, 0.717) is 12.1 Å². The number of quaternary nitrogens is 1. The molecule has 0 spiro atoms. The Morgan fingerprint density at radius 3 is 2.64 bits per heavy atom. The van der Waals surface area contributed by atoms with Gasteiger partial charge in [0.05, 0.1) is 43.5 Å². The molecule has 1 aromatic heterocycles. The van der Waals surface area contributed by atoms with Gasteiger partial charge in [-0.25, -0.2) is 4.98 Å². The summed E-state index contributed by atoms with van der Waals surface area (Å²) >= 11 is 1.53. The van der Waals surface area contributed by atoms with Crippen molar-refractivity contribution in [1.29, 1.82) is 0 Å². The van der Waals surface area contributed by atoms with Crippen LogP contribution in [-0.2, 0) is 0 Å². The number of ether oxygens (including phenoxy) is 1.